The lowest BCUT2D eigenvalue weighted by Gasteiger charge is -2.25. The first kappa shape index (κ1) is 34.9. The third-order valence-electron chi connectivity index (χ3n) is 10.1. The summed E-state index contributed by atoms with van der Waals surface area (Å²) >= 11 is 0. The smallest absolute Gasteiger partial charge is 0.198 e. The van der Waals surface area contributed by atoms with Gasteiger partial charge in [0.05, 0.1) is 58.8 Å². The summed E-state index contributed by atoms with van der Waals surface area (Å²) in [7, 11) is 0. The van der Waals surface area contributed by atoms with Crippen LogP contribution in [0.5, 0.6) is 0 Å². The number of nitriles is 2. The van der Waals surface area contributed by atoms with E-state index in [4.69, 9.17) is 23.1 Å². The molecule has 58 heavy (non-hydrogen) atoms. The maximum absolute atomic E-state index is 10.8. The maximum atomic E-state index is 10.8. The Morgan fingerprint density at radius 1 is 0.500 bits per heavy atom. The largest absolute Gasteiger partial charge is 0.310 e. The molecule has 2 aromatic heterocycles. The van der Waals surface area contributed by atoms with E-state index in [1.54, 1.807) is 60.7 Å². The molecule has 7 aromatic carbocycles. The Balaban J connectivity index is 1.26. The van der Waals surface area contributed by atoms with E-state index in [2.05, 4.69) is 79.8 Å². The number of aromatic nitrogens is 3. The highest BCUT2D eigenvalue weighted by Crippen LogP contribution is 2.42. The molecule has 0 saturated heterocycles. The van der Waals surface area contributed by atoms with Gasteiger partial charge in [-0.05, 0) is 66.7 Å². The predicted octanol–water partition coefficient (Wildman–Crippen LogP) is 12.9. The summed E-state index contributed by atoms with van der Waals surface area (Å²) < 4.78 is 2.09. The van der Waals surface area contributed by atoms with Crippen LogP contribution in [0.25, 0.3) is 71.1 Å². The van der Waals surface area contributed by atoms with E-state index in [1.165, 1.54) is 0 Å². The molecule has 0 N–H and O–H groups in total. The molecule has 0 aliphatic carbocycles. The van der Waals surface area contributed by atoms with Gasteiger partial charge in [0.2, 0.25) is 0 Å². The van der Waals surface area contributed by atoms with Crippen molar-refractivity contribution in [1.82, 2.24) is 14.5 Å². The summed E-state index contributed by atoms with van der Waals surface area (Å²) in [6, 6.07) is 59.1. The first-order valence-corrected chi connectivity index (χ1v) is 18.4. The lowest BCUT2D eigenvalue weighted by atomic mass is 9.96. The van der Waals surface area contributed by atoms with Gasteiger partial charge in [0.1, 0.15) is 5.82 Å². The first-order valence-electron chi connectivity index (χ1n) is 18.4. The van der Waals surface area contributed by atoms with Gasteiger partial charge < -0.3 is 9.47 Å². The molecule has 0 atom stereocenters. The molecular formula is C50H28N8. The van der Waals surface area contributed by atoms with Crippen LogP contribution in [0, 0.1) is 35.8 Å². The number of rotatable bonds is 7. The van der Waals surface area contributed by atoms with Gasteiger partial charge in [0.25, 0.3) is 0 Å². The first-order chi connectivity index (χ1) is 28.6. The Morgan fingerprint density at radius 2 is 1.03 bits per heavy atom. The van der Waals surface area contributed by atoms with Crippen molar-refractivity contribution in [2.75, 3.05) is 4.90 Å². The summed E-state index contributed by atoms with van der Waals surface area (Å²) in [5, 5.41) is 23.6. The van der Waals surface area contributed by atoms with E-state index in [0.717, 1.165) is 38.9 Å². The van der Waals surface area contributed by atoms with Gasteiger partial charge in [0.15, 0.2) is 11.4 Å². The number of fused-ring (bicyclic) bond motifs is 3. The molecule has 9 rings (SSSR count). The van der Waals surface area contributed by atoms with Gasteiger partial charge in [-0.15, -0.1) is 0 Å². The average Bonchev–Trinajstić information content (AvgIpc) is 3.62. The molecule has 268 valence electrons. The normalized spacial score (nSPS) is 10.7. The summed E-state index contributed by atoms with van der Waals surface area (Å²) in [5.41, 5.74) is 8.87. The number of anilines is 3. The van der Waals surface area contributed by atoms with Crippen molar-refractivity contribution in [2.45, 2.75) is 0 Å². The van der Waals surface area contributed by atoms with Crippen LogP contribution in [0.15, 0.2) is 170 Å². The third-order valence-corrected chi connectivity index (χ3v) is 10.1. The van der Waals surface area contributed by atoms with Crippen molar-refractivity contribution in [1.29, 1.82) is 10.5 Å². The van der Waals surface area contributed by atoms with Crippen molar-refractivity contribution in [3.63, 3.8) is 0 Å². The molecule has 0 aliphatic heterocycles. The van der Waals surface area contributed by atoms with Crippen molar-refractivity contribution in [3.8, 4) is 51.7 Å². The van der Waals surface area contributed by atoms with Gasteiger partial charge in [-0.1, -0.05) is 103 Å². The molecule has 0 amide bonds. The Kier molecular flexibility index (Phi) is 8.90. The molecule has 0 saturated carbocycles. The van der Waals surface area contributed by atoms with Crippen LogP contribution in [-0.4, -0.2) is 14.5 Å². The van der Waals surface area contributed by atoms with Crippen LogP contribution in [0.3, 0.4) is 0 Å². The molecule has 0 bridgehead atoms. The van der Waals surface area contributed by atoms with Gasteiger partial charge >= 0.3 is 0 Å². The van der Waals surface area contributed by atoms with Crippen molar-refractivity contribution in [2.24, 2.45) is 0 Å². The minimum atomic E-state index is 0.239. The SMILES string of the molecule is [C-]#[N+]c1ccccc1-c1cc(-c2c(C#N)cc(-n3c4ccccc4c4cc(N(c5ccccc5)c5ccccc5)ccc43)cc2C#N)nc(-c2ccccc2[N+]#[C-])n1. The second kappa shape index (κ2) is 14.8. The Morgan fingerprint density at radius 3 is 1.67 bits per heavy atom. The molecule has 0 aliphatic rings. The van der Waals surface area contributed by atoms with Crippen LogP contribution in [0.4, 0.5) is 28.4 Å². The van der Waals surface area contributed by atoms with Gasteiger partial charge in [-0.25, -0.2) is 19.7 Å². The fourth-order valence-corrected chi connectivity index (χ4v) is 7.57. The summed E-state index contributed by atoms with van der Waals surface area (Å²) in [6.45, 7) is 15.6. The molecule has 0 spiro atoms. The zero-order valence-corrected chi connectivity index (χ0v) is 30.7. The molecule has 0 radical (unpaired) electrons. The second-order valence-electron chi connectivity index (χ2n) is 13.4. The number of benzene rings is 7. The molecular weight excluding hydrogens is 713 g/mol. The monoisotopic (exact) mass is 740 g/mol. The quantitative estimate of drug-likeness (QED) is 0.152. The Hall–Kier alpha value is -8.82. The van der Waals surface area contributed by atoms with E-state index in [1.807, 2.05) is 60.7 Å². The summed E-state index contributed by atoms with van der Waals surface area (Å²) in [4.78, 5) is 19.4. The fraction of sp³-hybridized carbons (Fsp3) is 0. The van der Waals surface area contributed by atoms with Gasteiger partial charge in [-0.3, -0.25) is 0 Å². The summed E-state index contributed by atoms with van der Waals surface area (Å²) in [5.74, 6) is 0.244. The van der Waals surface area contributed by atoms with Gasteiger partial charge in [0, 0.05) is 50.2 Å². The van der Waals surface area contributed by atoms with Crippen LogP contribution < -0.4 is 4.90 Å². The van der Waals surface area contributed by atoms with E-state index in [0.29, 0.717) is 45.1 Å². The fourth-order valence-electron chi connectivity index (χ4n) is 7.57. The second-order valence-corrected chi connectivity index (χ2v) is 13.4. The van der Waals surface area contributed by atoms with E-state index >= 15 is 0 Å². The van der Waals surface area contributed by atoms with Gasteiger partial charge in [-0.2, -0.15) is 10.5 Å². The van der Waals surface area contributed by atoms with Crippen LogP contribution in [0.1, 0.15) is 11.1 Å². The number of hydrogen-bond donors (Lipinski definition) is 0. The van der Waals surface area contributed by atoms with Crippen molar-refractivity contribution >= 4 is 50.2 Å². The molecule has 2 heterocycles. The zero-order valence-electron chi connectivity index (χ0n) is 30.7. The highest BCUT2D eigenvalue weighted by atomic mass is 15.1. The minimum Gasteiger partial charge on any atom is -0.310 e. The van der Waals surface area contributed by atoms with Crippen LogP contribution >= 0.6 is 0 Å². The summed E-state index contributed by atoms with van der Waals surface area (Å²) in [6.07, 6.45) is 0. The maximum Gasteiger partial charge on any atom is 0.198 e. The zero-order chi connectivity index (χ0) is 39.6. The predicted molar refractivity (Wildman–Crippen MR) is 229 cm³/mol. The molecule has 8 heteroatoms. The molecule has 9 aromatic rings. The van der Waals surface area contributed by atoms with Crippen molar-refractivity contribution < 1.29 is 0 Å². The van der Waals surface area contributed by atoms with E-state index in [-0.39, 0.29) is 17.0 Å². The standard InChI is InChI=1S/C50H28N8/c1-53-43-22-12-9-20-40(43)45-30-46(56-50(55-45)41-21-10-13-23-44(41)54-2)49-33(31-51)27-38(28-34(49)32-52)58-47-24-14-11-19-39(47)42-29-37(25-26-48(42)58)57(35-15-5-3-6-16-35)36-17-7-4-8-18-36/h3-30H. The lowest BCUT2D eigenvalue weighted by Crippen LogP contribution is -2.09. The highest BCUT2D eigenvalue weighted by Gasteiger charge is 2.22. The number of para-hydroxylation sites is 5. The van der Waals surface area contributed by atoms with E-state index < -0.39 is 0 Å². The third kappa shape index (κ3) is 6.03. The van der Waals surface area contributed by atoms with E-state index in [9.17, 15) is 10.5 Å². The Labute approximate surface area is 334 Å². The van der Waals surface area contributed by atoms with Crippen LogP contribution in [-0.2, 0) is 0 Å². The number of nitrogens with zero attached hydrogens (tertiary/aromatic N) is 8. The average molecular weight is 741 g/mol. The minimum absolute atomic E-state index is 0.239. The molecule has 0 unspecified atom stereocenters. The number of hydrogen-bond acceptors (Lipinski definition) is 5. The molecule has 0 fully saturated rings. The van der Waals surface area contributed by atoms with Crippen LogP contribution in [0.2, 0.25) is 0 Å². The topological polar surface area (TPSA) is 90.2 Å². The Bertz CT molecular complexity index is 3080. The highest BCUT2D eigenvalue weighted by molar-refractivity contribution is 6.11. The lowest BCUT2D eigenvalue weighted by molar-refractivity contribution is 1.16. The van der Waals surface area contributed by atoms with Crippen molar-refractivity contribution in [3.05, 3.63) is 204 Å². The molecule has 8 nitrogen and oxygen atoms in total.